The quantitative estimate of drug-likeness (QED) is 0.840. The normalized spacial score (nSPS) is 21.3. The number of rotatable bonds is 3. The third-order valence-electron chi connectivity index (χ3n) is 2.97. The molecule has 1 aromatic rings. The molecule has 1 N–H and O–H groups in total. The van der Waals surface area contributed by atoms with Crippen molar-refractivity contribution in [3.63, 3.8) is 0 Å². The van der Waals surface area contributed by atoms with Gasteiger partial charge >= 0.3 is 0 Å². The molecule has 1 unspecified atom stereocenters. The Labute approximate surface area is 92.7 Å². The molecular weight excluding hydrogens is 215 g/mol. The Morgan fingerprint density at radius 3 is 2.50 bits per heavy atom. The zero-order valence-corrected chi connectivity index (χ0v) is 8.85. The van der Waals surface area contributed by atoms with Crippen LogP contribution in [0.4, 0.5) is 13.2 Å². The zero-order valence-electron chi connectivity index (χ0n) is 8.85. The standard InChI is InChI=1S/C12H14F3N/c13-11-3-1-10(2-4-11)12(14,15)7-9-5-6-16-8-9/h1-4,9,16H,5-8H2. The molecule has 88 valence electrons. The number of halogens is 3. The predicted octanol–water partition coefficient (Wildman–Crippen LogP) is 2.92. The number of hydrogen-bond acceptors (Lipinski definition) is 1. The Kier molecular flexibility index (Phi) is 3.19. The van der Waals surface area contributed by atoms with Crippen molar-refractivity contribution >= 4 is 0 Å². The van der Waals surface area contributed by atoms with Crippen molar-refractivity contribution in [1.82, 2.24) is 5.32 Å². The lowest BCUT2D eigenvalue weighted by atomic mass is 9.95. The van der Waals surface area contributed by atoms with E-state index >= 15 is 0 Å². The minimum atomic E-state index is -2.86. The van der Waals surface area contributed by atoms with Gasteiger partial charge in [-0.05, 0) is 37.6 Å². The molecule has 1 aliphatic heterocycles. The van der Waals surface area contributed by atoms with Gasteiger partial charge in [-0.3, -0.25) is 0 Å². The zero-order chi connectivity index (χ0) is 11.6. The number of hydrogen-bond donors (Lipinski definition) is 1. The molecule has 0 radical (unpaired) electrons. The third kappa shape index (κ3) is 2.55. The first kappa shape index (κ1) is 11.5. The Balaban J connectivity index is 2.07. The number of nitrogens with one attached hydrogen (secondary N) is 1. The van der Waals surface area contributed by atoms with E-state index < -0.39 is 11.7 Å². The lowest BCUT2D eigenvalue weighted by Crippen LogP contribution is -2.20. The summed E-state index contributed by atoms with van der Waals surface area (Å²) in [6.45, 7) is 1.46. The van der Waals surface area contributed by atoms with Gasteiger partial charge in [-0.1, -0.05) is 12.1 Å². The fraction of sp³-hybridized carbons (Fsp3) is 0.500. The van der Waals surface area contributed by atoms with Crippen LogP contribution in [0.25, 0.3) is 0 Å². The van der Waals surface area contributed by atoms with Gasteiger partial charge in [-0.15, -0.1) is 0 Å². The molecule has 1 aliphatic rings. The second-order valence-electron chi connectivity index (χ2n) is 4.27. The molecule has 0 saturated carbocycles. The monoisotopic (exact) mass is 229 g/mol. The van der Waals surface area contributed by atoms with E-state index in [9.17, 15) is 13.2 Å². The average Bonchev–Trinajstić information content (AvgIpc) is 2.70. The van der Waals surface area contributed by atoms with Gasteiger partial charge in [-0.25, -0.2) is 13.2 Å². The summed E-state index contributed by atoms with van der Waals surface area (Å²) in [5, 5.41) is 3.06. The molecule has 1 fully saturated rings. The van der Waals surface area contributed by atoms with Crippen LogP contribution in [0.1, 0.15) is 18.4 Å². The SMILES string of the molecule is Fc1ccc(C(F)(F)CC2CCNC2)cc1. The summed E-state index contributed by atoms with van der Waals surface area (Å²) in [7, 11) is 0. The fourth-order valence-electron chi connectivity index (χ4n) is 2.06. The van der Waals surface area contributed by atoms with E-state index in [2.05, 4.69) is 5.32 Å². The van der Waals surface area contributed by atoms with Gasteiger partial charge in [0.15, 0.2) is 0 Å². The highest BCUT2D eigenvalue weighted by Crippen LogP contribution is 2.36. The predicted molar refractivity (Wildman–Crippen MR) is 55.9 cm³/mol. The summed E-state index contributed by atoms with van der Waals surface area (Å²) < 4.78 is 40.2. The van der Waals surface area contributed by atoms with Crippen LogP contribution in [0.5, 0.6) is 0 Å². The Bertz CT molecular complexity index is 342. The van der Waals surface area contributed by atoms with Crippen molar-refractivity contribution in [1.29, 1.82) is 0 Å². The summed E-state index contributed by atoms with van der Waals surface area (Å²) in [6, 6.07) is 4.49. The largest absolute Gasteiger partial charge is 0.316 e. The van der Waals surface area contributed by atoms with Crippen LogP contribution in [0.15, 0.2) is 24.3 Å². The van der Waals surface area contributed by atoms with E-state index in [1.54, 1.807) is 0 Å². The van der Waals surface area contributed by atoms with E-state index in [-0.39, 0.29) is 17.9 Å². The maximum atomic E-state index is 13.8. The maximum Gasteiger partial charge on any atom is 0.273 e. The molecule has 4 heteroatoms. The lowest BCUT2D eigenvalue weighted by Gasteiger charge is -2.20. The van der Waals surface area contributed by atoms with E-state index in [1.807, 2.05) is 0 Å². The van der Waals surface area contributed by atoms with Gasteiger partial charge in [0.2, 0.25) is 0 Å². The molecule has 0 bridgehead atoms. The van der Waals surface area contributed by atoms with Gasteiger partial charge in [0.05, 0.1) is 0 Å². The molecule has 1 heterocycles. The second-order valence-corrected chi connectivity index (χ2v) is 4.27. The average molecular weight is 229 g/mol. The van der Waals surface area contributed by atoms with E-state index in [4.69, 9.17) is 0 Å². The summed E-state index contributed by atoms with van der Waals surface area (Å²) in [4.78, 5) is 0. The van der Waals surface area contributed by atoms with Crippen LogP contribution in [-0.4, -0.2) is 13.1 Å². The summed E-state index contributed by atoms with van der Waals surface area (Å²) >= 11 is 0. The molecule has 0 spiro atoms. The fourth-order valence-corrected chi connectivity index (χ4v) is 2.06. The van der Waals surface area contributed by atoms with E-state index in [0.29, 0.717) is 6.54 Å². The first-order chi connectivity index (χ1) is 7.58. The highest BCUT2D eigenvalue weighted by atomic mass is 19.3. The van der Waals surface area contributed by atoms with Gasteiger partial charge < -0.3 is 5.32 Å². The Morgan fingerprint density at radius 2 is 1.94 bits per heavy atom. The van der Waals surface area contributed by atoms with Crippen LogP contribution in [0.2, 0.25) is 0 Å². The van der Waals surface area contributed by atoms with Crippen molar-refractivity contribution in [2.45, 2.75) is 18.8 Å². The van der Waals surface area contributed by atoms with Crippen molar-refractivity contribution in [3.8, 4) is 0 Å². The molecule has 1 nitrogen and oxygen atoms in total. The smallest absolute Gasteiger partial charge is 0.273 e. The molecular formula is C12H14F3N. The van der Waals surface area contributed by atoms with Gasteiger partial charge in [0.25, 0.3) is 5.92 Å². The molecule has 1 atom stereocenters. The van der Waals surface area contributed by atoms with Crippen molar-refractivity contribution in [2.75, 3.05) is 13.1 Å². The van der Waals surface area contributed by atoms with Crippen LogP contribution >= 0.6 is 0 Å². The second kappa shape index (κ2) is 4.45. The molecule has 16 heavy (non-hydrogen) atoms. The van der Waals surface area contributed by atoms with Crippen LogP contribution in [-0.2, 0) is 5.92 Å². The van der Waals surface area contributed by atoms with Gasteiger partial charge in [-0.2, -0.15) is 0 Å². The van der Waals surface area contributed by atoms with Crippen LogP contribution in [0, 0.1) is 11.7 Å². The molecule has 1 aromatic carbocycles. The van der Waals surface area contributed by atoms with Crippen LogP contribution < -0.4 is 5.32 Å². The molecule has 0 aromatic heterocycles. The molecule has 1 saturated heterocycles. The Morgan fingerprint density at radius 1 is 1.25 bits per heavy atom. The number of benzene rings is 1. The Hall–Kier alpha value is -1.03. The summed E-state index contributed by atoms with van der Waals surface area (Å²) in [5.74, 6) is -3.33. The van der Waals surface area contributed by atoms with Crippen molar-refractivity contribution < 1.29 is 13.2 Å². The highest BCUT2D eigenvalue weighted by molar-refractivity contribution is 5.21. The van der Waals surface area contributed by atoms with E-state index in [0.717, 1.165) is 37.2 Å². The van der Waals surface area contributed by atoms with Gasteiger partial charge in [0.1, 0.15) is 5.82 Å². The van der Waals surface area contributed by atoms with Gasteiger partial charge in [0, 0.05) is 12.0 Å². The molecule has 2 rings (SSSR count). The number of alkyl halides is 2. The van der Waals surface area contributed by atoms with Crippen molar-refractivity contribution in [3.05, 3.63) is 35.6 Å². The highest BCUT2D eigenvalue weighted by Gasteiger charge is 2.35. The molecule has 0 aliphatic carbocycles. The summed E-state index contributed by atoms with van der Waals surface area (Å²) in [6.07, 6.45) is 0.627. The maximum absolute atomic E-state index is 13.8. The topological polar surface area (TPSA) is 12.0 Å². The minimum Gasteiger partial charge on any atom is -0.316 e. The third-order valence-corrected chi connectivity index (χ3v) is 2.97. The first-order valence-electron chi connectivity index (χ1n) is 5.42. The first-order valence-corrected chi connectivity index (χ1v) is 5.42. The van der Waals surface area contributed by atoms with E-state index in [1.165, 1.54) is 0 Å². The van der Waals surface area contributed by atoms with Crippen LogP contribution in [0.3, 0.4) is 0 Å². The summed E-state index contributed by atoms with van der Waals surface area (Å²) in [5.41, 5.74) is -0.0965. The lowest BCUT2D eigenvalue weighted by molar-refractivity contribution is -0.0268. The minimum absolute atomic E-state index is 0.0139. The van der Waals surface area contributed by atoms with Crippen molar-refractivity contribution in [2.24, 2.45) is 5.92 Å². The molecule has 0 amide bonds.